The van der Waals surface area contributed by atoms with Gasteiger partial charge in [0, 0.05) is 18.2 Å². The molecule has 2 unspecified atom stereocenters. The van der Waals surface area contributed by atoms with E-state index in [1.54, 1.807) is 5.01 Å². The van der Waals surface area contributed by atoms with E-state index in [-0.39, 0.29) is 34.0 Å². The Morgan fingerprint density at radius 1 is 1.45 bits per heavy atom. The maximum Gasteiger partial charge on any atom is 0.257 e. The minimum absolute atomic E-state index is 0.00604. The first-order valence-corrected chi connectivity index (χ1v) is 8.82. The molecule has 2 rings (SSSR count). The van der Waals surface area contributed by atoms with Gasteiger partial charge in [-0.1, -0.05) is 6.42 Å². The predicted octanol–water partition coefficient (Wildman–Crippen LogP) is 1.99. The van der Waals surface area contributed by atoms with Crippen LogP contribution in [0.4, 0.5) is 0 Å². The second-order valence-corrected chi connectivity index (χ2v) is 7.49. The van der Waals surface area contributed by atoms with Gasteiger partial charge in [-0.2, -0.15) is 0 Å². The van der Waals surface area contributed by atoms with Gasteiger partial charge in [-0.15, -0.1) is 4.83 Å². The average Bonchev–Trinajstić information content (AvgIpc) is 2.76. The van der Waals surface area contributed by atoms with Gasteiger partial charge < -0.3 is 9.52 Å². The van der Waals surface area contributed by atoms with E-state index in [1.165, 1.54) is 6.07 Å². The molecule has 1 aliphatic heterocycles. The first-order valence-electron chi connectivity index (χ1n) is 6.55. The Morgan fingerprint density at radius 3 is 2.55 bits per heavy atom. The highest BCUT2D eigenvalue weighted by atomic mass is 79.9. The van der Waals surface area contributed by atoms with Crippen molar-refractivity contribution < 1.29 is 17.9 Å². The third-order valence-corrected chi connectivity index (χ3v) is 5.76. The van der Waals surface area contributed by atoms with E-state index in [4.69, 9.17) is 9.52 Å². The molecule has 1 aliphatic rings. The van der Waals surface area contributed by atoms with Crippen LogP contribution in [0, 0.1) is 0 Å². The SMILES string of the molecule is CC1CCCC(C)N1NS(=O)(=O)c1cc(CO)oc1Br. The summed E-state index contributed by atoms with van der Waals surface area (Å²) in [6.45, 7) is 3.66. The highest BCUT2D eigenvalue weighted by Crippen LogP contribution is 2.28. The molecule has 0 radical (unpaired) electrons. The zero-order valence-corrected chi connectivity index (χ0v) is 13.9. The van der Waals surface area contributed by atoms with Crippen LogP contribution in [0.1, 0.15) is 38.9 Å². The molecule has 1 aromatic rings. The Balaban J connectivity index is 2.24. The lowest BCUT2D eigenvalue weighted by molar-refractivity contribution is 0.0790. The summed E-state index contributed by atoms with van der Waals surface area (Å²) < 4.78 is 30.1. The Kier molecular flexibility index (Phi) is 4.91. The predicted molar refractivity (Wildman–Crippen MR) is 77.3 cm³/mol. The number of hydrazine groups is 1. The number of hydrogen-bond acceptors (Lipinski definition) is 5. The normalized spacial score (nSPS) is 25.0. The van der Waals surface area contributed by atoms with Gasteiger partial charge >= 0.3 is 0 Å². The number of nitrogens with one attached hydrogen (secondary N) is 1. The number of hydrogen-bond donors (Lipinski definition) is 2. The number of sulfonamides is 1. The second-order valence-electron chi connectivity index (χ2n) is 5.14. The highest BCUT2D eigenvalue weighted by Gasteiger charge is 2.31. The number of aliphatic hydroxyl groups excluding tert-OH is 1. The zero-order valence-electron chi connectivity index (χ0n) is 11.5. The molecule has 114 valence electrons. The van der Waals surface area contributed by atoms with Crippen LogP contribution in [0.5, 0.6) is 0 Å². The van der Waals surface area contributed by atoms with Gasteiger partial charge in [-0.25, -0.2) is 13.4 Å². The Bertz CT molecular complexity index is 562. The van der Waals surface area contributed by atoms with E-state index in [0.29, 0.717) is 0 Å². The van der Waals surface area contributed by atoms with E-state index >= 15 is 0 Å². The molecule has 0 saturated carbocycles. The van der Waals surface area contributed by atoms with Gasteiger partial charge in [0.15, 0.2) is 4.67 Å². The van der Waals surface area contributed by atoms with Crippen LogP contribution in [0.2, 0.25) is 0 Å². The molecule has 0 aliphatic carbocycles. The molecule has 20 heavy (non-hydrogen) atoms. The van der Waals surface area contributed by atoms with Crippen LogP contribution < -0.4 is 4.83 Å². The third-order valence-electron chi connectivity index (χ3n) is 3.57. The molecule has 1 fully saturated rings. The minimum Gasteiger partial charge on any atom is -0.450 e. The largest absolute Gasteiger partial charge is 0.450 e. The van der Waals surface area contributed by atoms with E-state index < -0.39 is 10.0 Å². The molecule has 0 bridgehead atoms. The van der Waals surface area contributed by atoms with E-state index in [2.05, 4.69) is 20.8 Å². The number of nitrogens with zero attached hydrogens (tertiary/aromatic N) is 1. The number of halogens is 1. The zero-order chi connectivity index (χ0) is 14.9. The third kappa shape index (κ3) is 3.25. The fraction of sp³-hybridized carbons (Fsp3) is 0.667. The number of rotatable bonds is 4. The van der Waals surface area contributed by atoms with Gasteiger partial charge in [-0.05, 0) is 42.6 Å². The molecule has 0 amide bonds. The Morgan fingerprint density at radius 2 is 2.05 bits per heavy atom. The van der Waals surface area contributed by atoms with Crippen LogP contribution in [0.3, 0.4) is 0 Å². The van der Waals surface area contributed by atoms with E-state index in [0.717, 1.165) is 19.3 Å². The first kappa shape index (κ1) is 16.0. The molecular weight excluding hydrogens is 348 g/mol. The summed E-state index contributed by atoms with van der Waals surface area (Å²) >= 11 is 3.07. The maximum atomic E-state index is 12.4. The fourth-order valence-corrected chi connectivity index (χ4v) is 4.69. The summed E-state index contributed by atoms with van der Waals surface area (Å²) in [5, 5.41) is 10.8. The smallest absolute Gasteiger partial charge is 0.257 e. The van der Waals surface area contributed by atoms with Crippen molar-refractivity contribution in [2.24, 2.45) is 0 Å². The highest BCUT2D eigenvalue weighted by molar-refractivity contribution is 9.10. The summed E-state index contributed by atoms with van der Waals surface area (Å²) in [6, 6.07) is 1.62. The lowest BCUT2D eigenvalue weighted by Crippen LogP contribution is -2.53. The van der Waals surface area contributed by atoms with Crippen molar-refractivity contribution in [3.8, 4) is 0 Å². The molecule has 6 nitrogen and oxygen atoms in total. The molecular formula is C12H19BrN2O4S. The number of piperidine rings is 1. The lowest BCUT2D eigenvalue weighted by Gasteiger charge is -2.38. The van der Waals surface area contributed by atoms with Crippen LogP contribution in [0.15, 0.2) is 20.0 Å². The lowest BCUT2D eigenvalue weighted by atomic mass is 10.0. The molecule has 0 aromatic carbocycles. The maximum absolute atomic E-state index is 12.4. The summed E-state index contributed by atoms with van der Waals surface area (Å²) in [5.74, 6) is 0.206. The average molecular weight is 367 g/mol. The summed E-state index contributed by atoms with van der Waals surface area (Å²) in [7, 11) is -3.72. The Hall–Kier alpha value is -0.410. The van der Waals surface area contributed by atoms with Gasteiger partial charge in [0.2, 0.25) is 0 Å². The standard InChI is InChI=1S/C12H19BrN2O4S/c1-8-4-3-5-9(2)15(8)14-20(17,18)11-6-10(7-16)19-12(11)13/h6,8-9,14,16H,3-5,7H2,1-2H3. The van der Waals surface area contributed by atoms with Crippen molar-refractivity contribution in [3.05, 3.63) is 16.5 Å². The van der Waals surface area contributed by atoms with Gasteiger partial charge in [0.1, 0.15) is 17.3 Å². The van der Waals surface area contributed by atoms with Crippen LogP contribution in [-0.4, -0.2) is 30.6 Å². The van der Waals surface area contributed by atoms with Gasteiger partial charge in [0.25, 0.3) is 10.0 Å². The van der Waals surface area contributed by atoms with Crippen LogP contribution >= 0.6 is 15.9 Å². The molecule has 2 N–H and O–H groups in total. The van der Waals surface area contributed by atoms with Gasteiger partial charge in [-0.3, -0.25) is 0 Å². The van der Waals surface area contributed by atoms with Crippen molar-refractivity contribution in [1.82, 2.24) is 9.84 Å². The van der Waals surface area contributed by atoms with Crippen molar-refractivity contribution in [1.29, 1.82) is 0 Å². The second kappa shape index (κ2) is 6.15. The van der Waals surface area contributed by atoms with Crippen molar-refractivity contribution in [3.63, 3.8) is 0 Å². The quantitative estimate of drug-likeness (QED) is 0.851. The Labute approximate surface area is 127 Å². The molecule has 8 heteroatoms. The van der Waals surface area contributed by atoms with E-state index in [1.807, 2.05) is 13.8 Å². The van der Waals surface area contributed by atoms with E-state index in [9.17, 15) is 8.42 Å². The molecule has 2 atom stereocenters. The van der Waals surface area contributed by atoms with Crippen LogP contribution in [-0.2, 0) is 16.6 Å². The molecule has 2 heterocycles. The minimum atomic E-state index is -3.72. The summed E-state index contributed by atoms with van der Waals surface area (Å²) in [5.41, 5.74) is 0. The van der Waals surface area contributed by atoms with Gasteiger partial charge in [0.05, 0.1) is 0 Å². The monoisotopic (exact) mass is 366 g/mol. The van der Waals surface area contributed by atoms with Crippen LogP contribution in [0.25, 0.3) is 0 Å². The fourth-order valence-electron chi connectivity index (χ4n) is 2.45. The van der Waals surface area contributed by atoms with Crippen molar-refractivity contribution >= 4 is 26.0 Å². The van der Waals surface area contributed by atoms with Crippen molar-refractivity contribution in [2.75, 3.05) is 0 Å². The van der Waals surface area contributed by atoms with Crippen molar-refractivity contribution in [2.45, 2.75) is 56.7 Å². The number of furan rings is 1. The topological polar surface area (TPSA) is 82.8 Å². The first-order chi connectivity index (χ1) is 9.35. The number of aliphatic hydroxyl groups is 1. The summed E-state index contributed by atoms with van der Waals surface area (Å²) in [6.07, 6.45) is 3.02. The molecule has 0 spiro atoms. The molecule has 1 aromatic heterocycles. The summed E-state index contributed by atoms with van der Waals surface area (Å²) in [4.78, 5) is 2.63. The molecule has 1 saturated heterocycles.